The van der Waals surface area contributed by atoms with Gasteiger partial charge in [-0.15, -0.1) is 0 Å². The molecule has 4 heteroatoms. The second kappa shape index (κ2) is 6.36. The molecule has 17 heavy (non-hydrogen) atoms. The highest BCUT2D eigenvalue weighted by atomic mass is 16.5. The van der Waals surface area contributed by atoms with Crippen LogP contribution in [-0.2, 0) is 9.53 Å². The van der Waals surface area contributed by atoms with Crippen molar-refractivity contribution in [3.63, 3.8) is 0 Å². The number of carbonyl (C=O) groups is 1. The van der Waals surface area contributed by atoms with Crippen molar-refractivity contribution < 1.29 is 9.53 Å². The zero-order chi connectivity index (χ0) is 12.1. The molecule has 1 saturated heterocycles. The summed E-state index contributed by atoms with van der Waals surface area (Å²) >= 11 is 0. The monoisotopic (exact) mass is 240 g/mol. The normalized spacial score (nSPS) is 34.3. The number of ether oxygens (including phenoxy) is 1. The van der Waals surface area contributed by atoms with E-state index in [1.165, 1.54) is 6.42 Å². The molecule has 2 rings (SSSR count). The molecule has 0 radical (unpaired) electrons. The summed E-state index contributed by atoms with van der Waals surface area (Å²) in [5, 5.41) is 3.08. The summed E-state index contributed by atoms with van der Waals surface area (Å²) in [5.74, 6) is 0.669. The Labute approximate surface area is 103 Å². The van der Waals surface area contributed by atoms with Gasteiger partial charge in [0.1, 0.15) is 0 Å². The van der Waals surface area contributed by atoms with E-state index < -0.39 is 0 Å². The van der Waals surface area contributed by atoms with Crippen molar-refractivity contribution in [2.45, 2.75) is 57.0 Å². The summed E-state index contributed by atoms with van der Waals surface area (Å²) in [6.07, 6.45) is 7.20. The fourth-order valence-corrected chi connectivity index (χ4v) is 2.92. The molecular formula is C13H24N2O2. The van der Waals surface area contributed by atoms with Crippen molar-refractivity contribution in [3.05, 3.63) is 0 Å². The molecule has 3 atom stereocenters. The van der Waals surface area contributed by atoms with Gasteiger partial charge in [0.05, 0.1) is 12.6 Å². The van der Waals surface area contributed by atoms with Crippen molar-refractivity contribution in [2.24, 2.45) is 11.7 Å². The average Bonchev–Trinajstić information content (AvgIpc) is 2.30. The molecule has 0 aromatic rings. The van der Waals surface area contributed by atoms with E-state index in [2.05, 4.69) is 5.32 Å². The van der Waals surface area contributed by atoms with Crippen LogP contribution in [-0.4, -0.2) is 31.2 Å². The van der Waals surface area contributed by atoms with Gasteiger partial charge in [-0.3, -0.25) is 4.79 Å². The minimum atomic E-state index is 0.180. The number of hydrogen-bond donors (Lipinski definition) is 2. The Morgan fingerprint density at radius 3 is 2.88 bits per heavy atom. The number of rotatable bonds is 3. The van der Waals surface area contributed by atoms with E-state index in [-0.39, 0.29) is 11.9 Å². The zero-order valence-electron chi connectivity index (χ0n) is 10.5. The molecule has 1 heterocycles. The van der Waals surface area contributed by atoms with Gasteiger partial charge in [0.25, 0.3) is 0 Å². The second-order valence-corrected chi connectivity index (χ2v) is 5.48. The van der Waals surface area contributed by atoms with E-state index in [0.29, 0.717) is 25.0 Å². The van der Waals surface area contributed by atoms with Crippen molar-refractivity contribution in [2.75, 3.05) is 13.2 Å². The molecule has 2 aliphatic rings. The minimum Gasteiger partial charge on any atom is -0.379 e. The van der Waals surface area contributed by atoms with Crippen LogP contribution >= 0.6 is 0 Å². The third-order valence-corrected chi connectivity index (χ3v) is 3.82. The molecule has 2 fully saturated rings. The third kappa shape index (κ3) is 4.28. The molecule has 3 N–H and O–H groups in total. The van der Waals surface area contributed by atoms with E-state index in [9.17, 15) is 4.79 Å². The molecule has 1 aliphatic carbocycles. The summed E-state index contributed by atoms with van der Waals surface area (Å²) in [4.78, 5) is 11.9. The molecule has 3 unspecified atom stereocenters. The standard InChI is InChI=1S/C13H24N2O2/c14-11-4-1-3-10(7-11)8-13(16)15-12-5-2-6-17-9-12/h10-12H,1-9,14H2,(H,15,16). The maximum atomic E-state index is 11.9. The SMILES string of the molecule is NC1CCCC(CC(=O)NC2CCCOC2)C1. The molecule has 0 aromatic heterocycles. The molecular weight excluding hydrogens is 216 g/mol. The average molecular weight is 240 g/mol. The molecule has 0 bridgehead atoms. The van der Waals surface area contributed by atoms with Gasteiger partial charge in [-0.05, 0) is 38.0 Å². The Morgan fingerprint density at radius 1 is 1.29 bits per heavy atom. The topological polar surface area (TPSA) is 64.4 Å². The predicted molar refractivity (Wildman–Crippen MR) is 66.5 cm³/mol. The van der Waals surface area contributed by atoms with Gasteiger partial charge in [-0.1, -0.05) is 6.42 Å². The second-order valence-electron chi connectivity index (χ2n) is 5.48. The molecule has 1 aliphatic heterocycles. The predicted octanol–water partition coefficient (Wildman–Crippen LogP) is 1.19. The van der Waals surface area contributed by atoms with E-state index >= 15 is 0 Å². The first-order chi connectivity index (χ1) is 8.24. The highest BCUT2D eigenvalue weighted by Crippen LogP contribution is 2.25. The van der Waals surface area contributed by atoms with Crippen LogP contribution < -0.4 is 11.1 Å². The Balaban J connectivity index is 1.68. The number of carbonyl (C=O) groups excluding carboxylic acids is 1. The van der Waals surface area contributed by atoms with Crippen LogP contribution in [0.4, 0.5) is 0 Å². The molecule has 1 amide bonds. The van der Waals surface area contributed by atoms with Crippen molar-refractivity contribution >= 4 is 5.91 Å². The Morgan fingerprint density at radius 2 is 2.18 bits per heavy atom. The first-order valence-corrected chi connectivity index (χ1v) is 6.86. The molecule has 98 valence electrons. The smallest absolute Gasteiger partial charge is 0.220 e. The number of amides is 1. The molecule has 4 nitrogen and oxygen atoms in total. The van der Waals surface area contributed by atoms with Crippen molar-refractivity contribution in [1.82, 2.24) is 5.32 Å². The van der Waals surface area contributed by atoms with Crippen LogP contribution in [0.15, 0.2) is 0 Å². The largest absolute Gasteiger partial charge is 0.379 e. The van der Waals surface area contributed by atoms with Crippen molar-refractivity contribution in [3.8, 4) is 0 Å². The van der Waals surface area contributed by atoms with Gasteiger partial charge in [0.2, 0.25) is 5.91 Å². The van der Waals surface area contributed by atoms with Crippen LogP contribution in [0.5, 0.6) is 0 Å². The highest BCUT2D eigenvalue weighted by Gasteiger charge is 2.23. The molecule has 0 aromatic carbocycles. The van der Waals surface area contributed by atoms with E-state index in [1.54, 1.807) is 0 Å². The summed E-state index contributed by atoms with van der Waals surface area (Å²) in [6.45, 7) is 1.51. The maximum absolute atomic E-state index is 11.9. The lowest BCUT2D eigenvalue weighted by molar-refractivity contribution is -0.123. The summed E-state index contributed by atoms with van der Waals surface area (Å²) < 4.78 is 5.36. The first-order valence-electron chi connectivity index (χ1n) is 6.86. The lowest BCUT2D eigenvalue weighted by Crippen LogP contribution is -2.41. The zero-order valence-corrected chi connectivity index (χ0v) is 10.5. The summed E-state index contributed by atoms with van der Waals surface area (Å²) in [7, 11) is 0. The van der Waals surface area contributed by atoms with Gasteiger partial charge in [-0.2, -0.15) is 0 Å². The Hall–Kier alpha value is -0.610. The Bertz CT molecular complexity index is 252. The van der Waals surface area contributed by atoms with E-state index in [4.69, 9.17) is 10.5 Å². The third-order valence-electron chi connectivity index (χ3n) is 3.82. The van der Waals surface area contributed by atoms with Gasteiger partial charge >= 0.3 is 0 Å². The number of hydrogen-bond acceptors (Lipinski definition) is 3. The lowest BCUT2D eigenvalue weighted by atomic mass is 9.84. The van der Waals surface area contributed by atoms with Crippen molar-refractivity contribution in [1.29, 1.82) is 0 Å². The fourth-order valence-electron chi connectivity index (χ4n) is 2.92. The van der Waals surface area contributed by atoms with Gasteiger partial charge in [-0.25, -0.2) is 0 Å². The van der Waals surface area contributed by atoms with Crippen LogP contribution in [0.3, 0.4) is 0 Å². The summed E-state index contributed by atoms with van der Waals surface area (Å²) in [6, 6.07) is 0.535. The van der Waals surface area contributed by atoms with E-state index in [0.717, 1.165) is 38.7 Å². The van der Waals surface area contributed by atoms with Crippen LogP contribution in [0.2, 0.25) is 0 Å². The number of nitrogens with one attached hydrogen (secondary N) is 1. The van der Waals surface area contributed by atoms with Crippen LogP contribution in [0, 0.1) is 5.92 Å². The van der Waals surface area contributed by atoms with Crippen LogP contribution in [0.25, 0.3) is 0 Å². The quantitative estimate of drug-likeness (QED) is 0.779. The van der Waals surface area contributed by atoms with Gasteiger partial charge in [0.15, 0.2) is 0 Å². The van der Waals surface area contributed by atoms with Crippen LogP contribution in [0.1, 0.15) is 44.9 Å². The van der Waals surface area contributed by atoms with E-state index in [1.807, 2.05) is 0 Å². The fraction of sp³-hybridized carbons (Fsp3) is 0.923. The molecule has 1 saturated carbocycles. The summed E-state index contributed by atoms with van der Waals surface area (Å²) in [5.41, 5.74) is 5.93. The minimum absolute atomic E-state index is 0.180. The Kier molecular flexibility index (Phi) is 4.80. The lowest BCUT2D eigenvalue weighted by Gasteiger charge is -2.28. The number of nitrogens with two attached hydrogens (primary N) is 1. The van der Waals surface area contributed by atoms with Gasteiger partial charge in [0, 0.05) is 19.1 Å². The first kappa shape index (κ1) is 12.8. The highest BCUT2D eigenvalue weighted by molar-refractivity contribution is 5.76. The maximum Gasteiger partial charge on any atom is 0.220 e. The van der Waals surface area contributed by atoms with Gasteiger partial charge < -0.3 is 15.8 Å². The molecule has 0 spiro atoms.